The molecule has 26 heavy (non-hydrogen) atoms. The molecule has 0 aliphatic carbocycles. The summed E-state index contributed by atoms with van der Waals surface area (Å²) in [7, 11) is 0. The van der Waals surface area contributed by atoms with Crippen LogP contribution in [-0.4, -0.2) is 16.6 Å². The number of anilines is 3. The van der Waals surface area contributed by atoms with Gasteiger partial charge in [-0.1, -0.05) is 30.3 Å². The lowest BCUT2D eigenvalue weighted by molar-refractivity contribution is 0.340. The molecule has 0 aliphatic heterocycles. The third-order valence-electron chi connectivity index (χ3n) is 3.94. The number of ether oxygens (including phenoxy) is 1. The molecule has 2 aromatic carbocycles. The highest BCUT2D eigenvalue weighted by Crippen LogP contribution is 2.22. The summed E-state index contributed by atoms with van der Waals surface area (Å²) < 4.78 is 5.47. The average molecular weight is 348 g/mol. The van der Waals surface area contributed by atoms with Gasteiger partial charge in [-0.3, -0.25) is 0 Å². The summed E-state index contributed by atoms with van der Waals surface area (Å²) in [4.78, 5) is 9.06. The molecule has 3 rings (SSSR count). The van der Waals surface area contributed by atoms with Crippen LogP contribution in [0.4, 0.5) is 17.5 Å². The summed E-state index contributed by atoms with van der Waals surface area (Å²) in [6.07, 6.45) is 0. The van der Waals surface area contributed by atoms with Crippen LogP contribution in [0.15, 0.2) is 60.7 Å². The first-order valence-corrected chi connectivity index (χ1v) is 8.81. The van der Waals surface area contributed by atoms with Crippen molar-refractivity contribution in [3.05, 3.63) is 71.9 Å². The van der Waals surface area contributed by atoms with Crippen molar-refractivity contribution < 1.29 is 4.74 Å². The molecule has 0 saturated heterocycles. The van der Waals surface area contributed by atoms with Gasteiger partial charge in [-0.25, -0.2) is 4.98 Å². The highest BCUT2D eigenvalue weighted by atomic mass is 16.5. The quantitative estimate of drug-likeness (QED) is 0.622. The van der Waals surface area contributed by atoms with E-state index >= 15 is 0 Å². The van der Waals surface area contributed by atoms with Crippen LogP contribution in [0.1, 0.15) is 31.1 Å². The number of benzene rings is 2. The van der Waals surface area contributed by atoms with E-state index in [2.05, 4.69) is 39.7 Å². The SMILES string of the molecule is CCOc1ccc(Nc2nc(C)cc(NC(C)c3ccccc3)n2)cc1. The number of aryl methyl sites for hydroxylation is 1. The number of rotatable bonds is 7. The summed E-state index contributed by atoms with van der Waals surface area (Å²) in [5, 5.41) is 6.69. The van der Waals surface area contributed by atoms with Crippen LogP contribution in [0, 0.1) is 6.92 Å². The summed E-state index contributed by atoms with van der Waals surface area (Å²) in [5.74, 6) is 2.21. The molecular formula is C21H24N4O. The molecule has 134 valence electrons. The Bertz CT molecular complexity index is 834. The summed E-state index contributed by atoms with van der Waals surface area (Å²) in [6.45, 7) is 6.70. The first-order chi connectivity index (χ1) is 12.6. The van der Waals surface area contributed by atoms with E-state index in [0.717, 1.165) is 22.9 Å². The molecule has 0 aliphatic rings. The largest absolute Gasteiger partial charge is 0.494 e. The van der Waals surface area contributed by atoms with Crippen molar-refractivity contribution in [1.82, 2.24) is 9.97 Å². The second-order valence-corrected chi connectivity index (χ2v) is 6.08. The number of nitrogens with one attached hydrogen (secondary N) is 2. The zero-order valence-electron chi connectivity index (χ0n) is 15.4. The van der Waals surface area contributed by atoms with E-state index in [9.17, 15) is 0 Å². The molecule has 0 fully saturated rings. The van der Waals surface area contributed by atoms with Gasteiger partial charge < -0.3 is 15.4 Å². The minimum absolute atomic E-state index is 0.156. The summed E-state index contributed by atoms with van der Waals surface area (Å²) in [6, 6.07) is 20.2. The molecule has 0 saturated carbocycles. The van der Waals surface area contributed by atoms with Gasteiger partial charge in [0.05, 0.1) is 6.61 Å². The van der Waals surface area contributed by atoms with Gasteiger partial charge in [0.25, 0.3) is 0 Å². The van der Waals surface area contributed by atoms with Crippen molar-refractivity contribution in [2.24, 2.45) is 0 Å². The van der Waals surface area contributed by atoms with Gasteiger partial charge in [0.2, 0.25) is 5.95 Å². The summed E-state index contributed by atoms with van der Waals surface area (Å²) >= 11 is 0. The number of nitrogens with zero attached hydrogens (tertiary/aromatic N) is 2. The van der Waals surface area contributed by atoms with Crippen LogP contribution in [0.5, 0.6) is 5.75 Å². The van der Waals surface area contributed by atoms with Crippen molar-refractivity contribution in [3.63, 3.8) is 0 Å². The maximum absolute atomic E-state index is 5.47. The van der Waals surface area contributed by atoms with E-state index in [1.807, 2.05) is 62.4 Å². The molecular weight excluding hydrogens is 324 g/mol. The van der Waals surface area contributed by atoms with Crippen molar-refractivity contribution in [2.75, 3.05) is 17.2 Å². The van der Waals surface area contributed by atoms with E-state index in [-0.39, 0.29) is 6.04 Å². The summed E-state index contributed by atoms with van der Waals surface area (Å²) in [5.41, 5.74) is 3.03. The Kier molecular flexibility index (Phi) is 5.69. The maximum atomic E-state index is 5.47. The Balaban J connectivity index is 1.73. The first kappa shape index (κ1) is 17.7. The molecule has 0 amide bonds. The minimum atomic E-state index is 0.156. The van der Waals surface area contributed by atoms with Crippen LogP contribution in [0.25, 0.3) is 0 Å². The normalized spacial score (nSPS) is 11.7. The van der Waals surface area contributed by atoms with Gasteiger partial charge in [0.15, 0.2) is 0 Å². The maximum Gasteiger partial charge on any atom is 0.229 e. The average Bonchev–Trinajstić information content (AvgIpc) is 2.64. The second kappa shape index (κ2) is 8.34. The van der Waals surface area contributed by atoms with Crippen LogP contribution in [-0.2, 0) is 0 Å². The fraction of sp³-hybridized carbons (Fsp3) is 0.238. The standard InChI is InChI=1S/C21H24N4O/c1-4-26-19-12-10-18(11-13-19)24-21-22-15(2)14-20(25-21)23-16(3)17-8-6-5-7-9-17/h5-14,16H,4H2,1-3H3,(H2,22,23,24,25). The Labute approximate surface area is 154 Å². The molecule has 1 unspecified atom stereocenters. The smallest absolute Gasteiger partial charge is 0.229 e. The predicted molar refractivity (Wildman–Crippen MR) is 106 cm³/mol. The Hall–Kier alpha value is -3.08. The van der Waals surface area contributed by atoms with E-state index in [1.54, 1.807) is 0 Å². The van der Waals surface area contributed by atoms with Gasteiger partial charge >= 0.3 is 0 Å². The van der Waals surface area contributed by atoms with Crippen molar-refractivity contribution in [2.45, 2.75) is 26.8 Å². The fourth-order valence-corrected chi connectivity index (χ4v) is 2.68. The topological polar surface area (TPSA) is 59.1 Å². The third kappa shape index (κ3) is 4.72. The second-order valence-electron chi connectivity index (χ2n) is 6.08. The number of aromatic nitrogens is 2. The molecule has 1 heterocycles. The van der Waals surface area contributed by atoms with Crippen LogP contribution in [0.3, 0.4) is 0 Å². The molecule has 1 aromatic heterocycles. The Morgan fingerprint density at radius 3 is 2.42 bits per heavy atom. The molecule has 1 atom stereocenters. The number of hydrogen-bond donors (Lipinski definition) is 2. The Morgan fingerprint density at radius 2 is 1.73 bits per heavy atom. The molecule has 5 heteroatoms. The molecule has 3 aromatic rings. The third-order valence-corrected chi connectivity index (χ3v) is 3.94. The molecule has 5 nitrogen and oxygen atoms in total. The van der Waals surface area contributed by atoms with Crippen LogP contribution in [0.2, 0.25) is 0 Å². The Morgan fingerprint density at radius 1 is 1.00 bits per heavy atom. The zero-order chi connectivity index (χ0) is 18.4. The zero-order valence-corrected chi connectivity index (χ0v) is 15.4. The first-order valence-electron chi connectivity index (χ1n) is 8.81. The molecule has 0 spiro atoms. The number of hydrogen-bond acceptors (Lipinski definition) is 5. The van der Waals surface area contributed by atoms with E-state index in [0.29, 0.717) is 12.6 Å². The van der Waals surface area contributed by atoms with E-state index in [1.165, 1.54) is 5.56 Å². The molecule has 0 radical (unpaired) electrons. The monoisotopic (exact) mass is 348 g/mol. The highest BCUT2D eigenvalue weighted by molar-refractivity contribution is 5.56. The van der Waals surface area contributed by atoms with Crippen molar-refractivity contribution in [1.29, 1.82) is 0 Å². The van der Waals surface area contributed by atoms with Crippen LogP contribution >= 0.6 is 0 Å². The predicted octanol–water partition coefficient (Wildman–Crippen LogP) is 5.10. The molecule has 0 bridgehead atoms. The molecule has 2 N–H and O–H groups in total. The lowest BCUT2D eigenvalue weighted by atomic mass is 10.1. The lowest BCUT2D eigenvalue weighted by Crippen LogP contribution is -2.09. The van der Waals surface area contributed by atoms with Gasteiger partial charge in [-0.2, -0.15) is 4.98 Å². The van der Waals surface area contributed by atoms with Gasteiger partial charge in [-0.05, 0) is 50.6 Å². The van der Waals surface area contributed by atoms with E-state index in [4.69, 9.17) is 4.74 Å². The van der Waals surface area contributed by atoms with Crippen LogP contribution < -0.4 is 15.4 Å². The van der Waals surface area contributed by atoms with E-state index < -0.39 is 0 Å². The highest BCUT2D eigenvalue weighted by Gasteiger charge is 2.08. The fourth-order valence-electron chi connectivity index (χ4n) is 2.68. The minimum Gasteiger partial charge on any atom is -0.494 e. The lowest BCUT2D eigenvalue weighted by Gasteiger charge is -2.16. The van der Waals surface area contributed by atoms with Gasteiger partial charge in [0.1, 0.15) is 11.6 Å². The van der Waals surface area contributed by atoms with Gasteiger partial charge in [-0.15, -0.1) is 0 Å². The van der Waals surface area contributed by atoms with Gasteiger partial charge in [0, 0.05) is 23.5 Å². The van der Waals surface area contributed by atoms with Crippen molar-refractivity contribution in [3.8, 4) is 5.75 Å². The van der Waals surface area contributed by atoms with Crippen molar-refractivity contribution >= 4 is 17.5 Å².